The number of carboxylic acids is 1. The molecule has 0 atom stereocenters. The second kappa shape index (κ2) is 6.63. The summed E-state index contributed by atoms with van der Waals surface area (Å²) in [7, 11) is 3.65. The molecule has 0 radical (unpaired) electrons. The van der Waals surface area contributed by atoms with Crippen molar-refractivity contribution in [2.45, 2.75) is 6.42 Å². The Bertz CT molecular complexity index is 594. The van der Waals surface area contributed by atoms with Crippen LogP contribution in [0.1, 0.15) is 5.56 Å². The first-order valence-corrected chi connectivity index (χ1v) is 6.09. The maximum Gasteiger partial charge on any atom is 0.308 e. The van der Waals surface area contributed by atoms with Crippen molar-refractivity contribution in [2.75, 3.05) is 19.0 Å². The van der Waals surface area contributed by atoms with E-state index in [1.54, 1.807) is 17.0 Å². The van der Waals surface area contributed by atoms with Crippen LogP contribution in [0.3, 0.4) is 0 Å². The lowest BCUT2D eigenvalue weighted by Gasteiger charge is -2.11. The zero-order chi connectivity index (χ0) is 14.0. The zero-order valence-corrected chi connectivity index (χ0v) is 12.6. The summed E-state index contributed by atoms with van der Waals surface area (Å²) < 4.78 is 0. The Morgan fingerprint density at radius 3 is 2.45 bits per heavy atom. The number of anilines is 1. The van der Waals surface area contributed by atoms with Gasteiger partial charge in [0.05, 0.1) is 12.1 Å². The number of aromatic amines is 1. The SMILES string of the molecule is CN(C)c1n[nH]c(-c2ccc(Cl)cc2)c1CC(=O)O.Cl. The lowest BCUT2D eigenvalue weighted by atomic mass is 10.1. The fraction of sp³-hybridized carbons (Fsp3) is 0.231. The van der Waals surface area contributed by atoms with Gasteiger partial charge >= 0.3 is 5.97 Å². The van der Waals surface area contributed by atoms with Crippen molar-refractivity contribution in [3.63, 3.8) is 0 Å². The molecular weight excluding hydrogens is 301 g/mol. The Morgan fingerprint density at radius 2 is 1.95 bits per heavy atom. The molecule has 2 aromatic rings. The minimum atomic E-state index is -0.889. The molecule has 1 aromatic carbocycles. The van der Waals surface area contributed by atoms with E-state index < -0.39 is 5.97 Å². The summed E-state index contributed by atoms with van der Waals surface area (Å²) in [6.07, 6.45) is -0.0814. The highest BCUT2D eigenvalue weighted by molar-refractivity contribution is 6.30. The van der Waals surface area contributed by atoms with Gasteiger partial charge in [0, 0.05) is 30.2 Å². The molecule has 0 unspecified atom stereocenters. The molecule has 0 bridgehead atoms. The van der Waals surface area contributed by atoms with Gasteiger partial charge < -0.3 is 10.0 Å². The largest absolute Gasteiger partial charge is 0.481 e. The molecule has 0 spiro atoms. The molecular formula is C13H15Cl2N3O2. The van der Waals surface area contributed by atoms with Gasteiger partial charge in [0.1, 0.15) is 0 Å². The lowest BCUT2D eigenvalue weighted by Crippen LogP contribution is -2.13. The van der Waals surface area contributed by atoms with Gasteiger partial charge in [0.2, 0.25) is 0 Å². The van der Waals surface area contributed by atoms with Gasteiger partial charge in [-0.15, -0.1) is 12.4 Å². The number of carboxylic acid groups (broad SMARTS) is 1. The highest BCUT2D eigenvalue weighted by Crippen LogP contribution is 2.29. The molecule has 2 N–H and O–H groups in total. The number of hydrogen-bond donors (Lipinski definition) is 2. The van der Waals surface area contributed by atoms with E-state index in [0.717, 1.165) is 5.56 Å². The van der Waals surface area contributed by atoms with E-state index in [1.807, 2.05) is 26.2 Å². The highest BCUT2D eigenvalue weighted by Gasteiger charge is 2.18. The maximum absolute atomic E-state index is 11.0. The van der Waals surface area contributed by atoms with Crippen molar-refractivity contribution in [3.8, 4) is 11.3 Å². The number of hydrogen-bond acceptors (Lipinski definition) is 3. The van der Waals surface area contributed by atoms with Crippen molar-refractivity contribution >= 4 is 35.8 Å². The number of halogens is 2. The fourth-order valence-electron chi connectivity index (χ4n) is 1.90. The fourth-order valence-corrected chi connectivity index (χ4v) is 2.03. The number of nitrogens with zero attached hydrogens (tertiary/aromatic N) is 2. The van der Waals surface area contributed by atoms with E-state index in [0.29, 0.717) is 22.1 Å². The van der Waals surface area contributed by atoms with E-state index in [9.17, 15) is 4.79 Å². The summed E-state index contributed by atoms with van der Waals surface area (Å²) >= 11 is 5.85. The van der Waals surface area contributed by atoms with Crippen LogP contribution in [0.25, 0.3) is 11.3 Å². The average molecular weight is 316 g/mol. The molecule has 1 aromatic heterocycles. The molecule has 0 saturated carbocycles. The van der Waals surface area contributed by atoms with Crippen LogP contribution < -0.4 is 4.90 Å². The Hall–Kier alpha value is -1.72. The van der Waals surface area contributed by atoms with Crippen LogP contribution in [0.2, 0.25) is 5.02 Å². The van der Waals surface area contributed by atoms with Crippen LogP contribution in [0, 0.1) is 0 Å². The minimum Gasteiger partial charge on any atom is -0.481 e. The van der Waals surface area contributed by atoms with E-state index in [1.165, 1.54) is 0 Å². The Kier molecular flexibility index (Phi) is 5.42. The second-order valence-electron chi connectivity index (χ2n) is 4.37. The molecule has 108 valence electrons. The number of carbonyl (C=O) groups is 1. The third kappa shape index (κ3) is 3.43. The lowest BCUT2D eigenvalue weighted by molar-refractivity contribution is -0.136. The predicted octanol–water partition coefficient (Wildman–Crippen LogP) is 2.85. The Morgan fingerprint density at radius 1 is 1.35 bits per heavy atom. The molecule has 0 aliphatic carbocycles. The van der Waals surface area contributed by atoms with Gasteiger partial charge in [-0.05, 0) is 12.1 Å². The average Bonchev–Trinajstić information content (AvgIpc) is 2.73. The highest BCUT2D eigenvalue weighted by atomic mass is 35.5. The number of rotatable bonds is 4. The first kappa shape index (κ1) is 16.3. The van der Waals surface area contributed by atoms with E-state index in [4.69, 9.17) is 16.7 Å². The van der Waals surface area contributed by atoms with Crippen LogP contribution >= 0.6 is 24.0 Å². The molecule has 0 amide bonds. The third-order valence-electron chi connectivity index (χ3n) is 2.73. The van der Waals surface area contributed by atoms with Crippen molar-refractivity contribution in [3.05, 3.63) is 34.9 Å². The van der Waals surface area contributed by atoms with Crippen LogP contribution in [-0.4, -0.2) is 35.4 Å². The van der Waals surface area contributed by atoms with Gasteiger partial charge in [-0.3, -0.25) is 9.89 Å². The van der Waals surface area contributed by atoms with Crippen molar-refractivity contribution in [2.24, 2.45) is 0 Å². The van der Waals surface area contributed by atoms with Crippen LogP contribution in [0.4, 0.5) is 5.82 Å². The Labute approximate surface area is 128 Å². The molecule has 0 saturated heterocycles. The summed E-state index contributed by atoms with van der Waals surface area (Å²) in [5, 5.41) is 16.7. The van der Waals surface area contributed by atoms with Gasteiger partial charge in [0.15, 0.2) is 5.82 Å². The molecule has 2 rings (SSSR count). The van der Waals surface area contributed by atoms with Gasteiger partial charge in [-0.2, -0.15) is 5.10 Å². The molecule has 7 heteroatoms. The topological polar surface area (TPSA) is 69.2 Å². The van der Waals surface area contributed by atoms with Gasteiger partial charge in [-0.1, -0.05) is 23.7 Å². The number of aromatic nitrogens is 2. The zero-order valence-electron chi connectivity index (χ0n) is 11.1. The normalized spacial score (nSPS) is 9.95. The molecule has 0 fully saturated rings. The molecule has 20 heavy (non-hydrogen) atoms. The summed E-state index contributed by atoms with van der Waals surface area (Å²) in [4.78, 5) is 12.8. The standard InChI is InChI=1S/C13H14ClN3O2.ClH/c1-17(2)13-10(7-11(18)19)12(15-16-13)8-3-5-9(14)6-4-8;/h3-6H,7H2,1-2H3,(H,15,16)(H,18,19);1H. The third-order valence-corrected chi connectivity index (χ3v) is 2.98. The molecule has 5 nitrogen and oxygen atoms in total. The van der Waals surface area contributed by atoms with Crippen LogP contribution in [0.15, 0.2) is 24.3 Å². The maximum atomic E-state index is 11.0. The second-order valence-corrected chi connectivity index (χ2v) is 4.81. The summed E-state index contributed by atoms with van der Waals surface area (Å²) in [5.41, 5.74) is 2.24. The minimum absolute atomic E-state index is 0. The van der Waals surface area contributed by atoms with Crippen LogP contribution in [-0.2, 0) is 11.2 Å². The van der Waals surface area contributed by atoms with Gasteiger partial charge in [-0.25, -0.2) is 0 Å². The van der Waals surface area contributed by atoms with Crippen LogP contribution in [0.5, 0.6) is 0 Å². The first-order chi connectivity index (χ1) is 8.99. The number of benzene rings is 1. The van der Waals surface area contributed by atoms with E-state index >= 15 is 0 Å². The quantitative estimate of drug-likeness (QED) is 0.910. The van der Waals surface area contributed by atoms with Gasteiger partial charge in [0.25, 0.3) is 0 Å². The van der Waals surface area contributed by atoms with Crippen molar-refractivity contribution in [1.29, 1.82) is 0 Å². The summed E-state index contributed by atoms with van der Waals surface area (Å²) in [6.45, 7) is 0. The smallest absolute Gasteiger partial charge is 0.308 e. The molecule has 1 heterocycles. The summed E-state index contributed by atoms with van der Waals surface area (Å²) in [6, 6.07) is 7.19. The predicted molar refractivity (Wildman–Crippen MR) is 81.9 cm³/mol. The van der Waals surface area contributed by atoms with Crippen molar-refractivity contribution in [1.82, 2.24) is 10.2 Å². The van der Waals surface area contributed by atoms with Crippen molar-refractivity contribution < 1.29 is 9.90 Å². The molecule has 0 aliphatic heterocycles. The van der Waals surface area contributed by atoms with E-state index in [2.05, 4.69) is 10.2 Å². The van der Waals surface area contributed by atoms with E-state index in [-0.39, 0.29) is 18.8 Å². The monoisotopic (exact) mass is 315 g/mol. The number of aliphatic carboxylic acids is 1. The first-order valence-electron chi connectivity index (χ1n) is 5.71. The number of nitrogens with one attached hydrogen (secondary N) is 1. The Balaban J connectivity index is 0.00000200. The summed E-state index contributed by atoms with van der Waals surface area (Å²) in [5.74, 6) is -0.257. The number of H-pyrrole nitrogens is 1. The molecule has 0 aliphatic rings.